The molecule has 34 heavy (non-hydrogen) atoms. The monoisotopic (exact) mass is 460 g/mol. The van der Waals surface area contributed by atoms with Crippen molar-refractivity contribution >= 4 is 34.2 Å². The van der Waals surface area contributed by atoms with E-state index in [0.717, 1.165) is 46.7 Å². The van der Waals surface area contributed by atoms with Crippen LogP contribution in [0.4, 0.5) is 11.5 Å². The molecule has 4 rings (SSSR count). The lowest BCUT2D eigenvalue weighted by Crippen LogP contribution is -2.30. The number of anilines is 2. The van der Waals surface area contributed by atoms with Gasteiger partial charge in [-0.05, 0) is 62.1 Å². The molecule has 1 fully saturated rings. The summed E-state index contributed by atoms with van der Waals surface area (Å²) in [6, 6.07) is 15.4. The number of amides is 2. The van der Waals surface area contributed by atoms with Crippen LogP contribution in [0.2, 0.25) is 0 Å². The van der Waals surface area contributed by atoms with Gasteiger partial charge in [-0.2, -0.15) is 0 Å². The van der Waals surface area contributed by atoms with Crippen LogP contribution in [0.3, 0.4) is 0 Å². The minimum Gasteiger partial charge on any atom is -0.496 e. The number of methoxy groups -OCH3 is 1. The molecule has 7 heteroatoms. The number of para-hydroxylation sites is 1. The average Bonchev–Trinajstić information content (AvgIpc) is 2.87. The molecule has 7 nitrogen and oxygen atoms in total. The van der Waals surface area contributed by atoms with E-state index in [9.17, 15) is 9.59 Å². The SMILES string of the molecule is COc1ccccc1CNC(=O)CCC(=O)Nc1ccc2nc(N3CCCCC3)cc(C)c2c1. The first-order chi connectivity index (χ1) is 16.5. The molecule has 2 amide bonds. The van der Waals surface area contributed by atoms with Gasteiger partial charge in [0.2, 0.25) is 11.8 Å². The summed E-state index contributed by atoms with van der Waals surface area (Å²) in [6.45, 7) is 4.55. The standard InChI is InChI=1S/C27H32N4O3/c1-19-16-25(31-14-6-3-7-15-31)30-23-11-10-21(17-22(19)23)29-27(33)13-12-26(32)28-18-20-8-4-5-9-24(20)34-2/h4-5,8-11,16-17H,3,6-7,12-15,18H2,1-2H3,(H,28,32)(H,29,33). The minimum absolute atomic E-state index is 0.112. The van der Waals surface area contributed by atoms with E-state index in [2.05, 4.69) is 28.5 Å². The zero-order valence-electron chi connectivity index (χ0n) is 19.9. The number of fused-ring (bicyclic) bond motifs is 1. The molecule has 1 saturated heterocycles. The smallest absolute Gasteiger partial charge is 0.224 e. The number of piperidine rings is 1. The van der Waals surface area contributed by atoms with Crippen LogP contribution in [0.5, 0.6) is 5.75 Å². The Morgan fingerprint density at radius 3 is 2.56 bits per heavy atom. The van der Waals surface area contributed by atoms with Gasteiger partial charge in [0.15, 0.2) is 0 Å². The number of aryl methyl sites for hydroxylation is 1. The fourth-order valence-corrected chi connectivity index (χ4v) is 4.32. The summed E-state index contributed by atoms with van der Waals surface area (Å²) >= 11 is 0. The first-order valence-electron chi connectivity index (χ1n) is 11.9. The van der Waals surface area contributed by atoms with E-state index in [4.69, 9.17) is 9.72 Å². The molecule has 0 radical (unpaired) electrons. The van der Waals surface area contributed by atoms with Gasteiger partial charge in [-0.25, -0.2) is 4.98 Å². The second-order valence-corrected chi connectivity index (χ2v) is 8.71. The normalized spacial score (nSPS) is 13.5. The third-order valence-corrected chi connectivity index (χ3v) is 6.21. The zero-order valence-corrected chi connectivity index (χ0v) is 19.9. The number of carbonyl (C=O) groups is 2. The Kier molecular flexibility index (Phi) is 7.62. The Bertz CT molecular complexity index is 1170. The molecule has 2 aromatic carbocycles. The van der Waals surface area contributed by atoms with E-state index in [1.54, 1.807) is 7.11 Å². The van der Waals surface area contributed by atoms with E-state index in [0.29, 0.717) is 12.2 Å². The number of carbonyl (C=O) groups excluding carboxylic acids is 2. The van der Waals surface area contributed by atoms with Crippen molar-refractivity contribution in [2.24, 2.45) is 0 Å². The topological polar surface area (TPSA) is 83.6 Å². The third kappa shape index (κ3) is 5.84. The van der Waals surface area contributed by atoms with Gasteiger partial charge in [-0.15, -0.1) is 0 Å². The fourth-order valence-electron chi connectivity index (χ4n) is 4.32. The van der Waals surface area contributed by atoms with Crippen LogP contribution < -0.4 is 20.3 Å². The molecule has 0 atom stereocenters. The summed E-state index contributed by atoms with van der Waals surface area (Å²) in [4.78, 5) is 31.9. The zero-order chi connectivity index (χ0) is 23.9. The number of hydrogen-bond acceptors (Lipinski definition) is 5. The number of nitrogens with zero attached hydrogens (tertiary/aromatic N) is 2. The van der Waals surface area contributed by atoms with Crippen LogP contribution in [0.1, 0.15) is 43.2 Å². The Balaban J connectivity index is 1.31. The second-order valence-electron chi connectivity index (χ2n) is 8.71. The molecule has 2 heterocycles. The molecule has 0 unspecified atom stereocenters. The fraction of sp³-hybridized carbons (Fsp3) is 0.370. The van der Waals surface area contributed by atoms with Gasteiger partial charge in [0.1, 0.15) is 11.6 Å². The number of hydrogen-bond donors (Lipinski definition) is 2. The molecule has 0 bridgehead atoms. The van der Waals surface area contributed by atoms with Crippen molar-refractivity contribution in [3.05, 3.63) is 59.7 Å². The van der Waals surface area contributed by atoms with Crippen molar-refractivity contribution in [1.82, 2.24) is 10.3 Å². The van der Waals surface area contributed by atoms with Crippen molar-refractivity contribution in [2.75, 3.05) is 30.4 Å². The molecule has 178 valence electrons. The van der Waals surface area contributed by atoms with Crippen LogP contribution in [0.15, 0.2) is 48.5 Å². The van der Waals surface area contributed by atoms with E-state index in [-0.39, 0.29) is 24.7 Å². The van der Waals surface area contributed by atoms with Crippen LogP contribution in [-0.4, -0.2) is 37.0 Å². The van der Waals surface area contributed by atoms with Gasteiger partial charge in [0.25, 0.3) is 0 Å². The lowest BCUT2D eigenvalue weighted by atomic mass is 10.1. The largest absolute Gasteiger partial charge is 0.496 e. The Morgan fingerprint density at radius 2 is 1.76 bits per heavy atom. The van der Waals surface area contributed by atoms with Crippen molar-refractivity contribution < 1.29 is 14.3 Å². The van der Waals surface area contributed by atoms with Gasteiger partial charge < -0.3 is 20.3 Å². The highest BCUT2D eigenvalue weighted by molar-refractivity contribution is 5.96. The van der Waals surface area contributed by atoms with Crippen molar-refractivity contribution in [2.45, 2.75) is 45.6 Å². The van der Waals surface area contributed by atoms with Crippen LogP contribution in [0.25, 0.3) is 10.9 Å². The molecular formula is C27H32N4O3. The van der Waals surface area contributed by atoms with E-state index < -0.39 is 0 Å². The molecule has 0 aliphatic carbocycles. The summed E-state index contributed by atoms with van der Waals surface area (Å²) in [5.74, 6) is 1.39. The Morgan fingerprint density at radius 1 is 1.00 bits per heavy atom. The first kappa shape index (κ1) is 23.5. The lowest BCUT2D eigenvalue weighted by Gasteiger charge is -2.28. The average molecular weight is 461 g/mol. The van der Waals surface area contributed by atoms with Crippen LogP contribution in [0, 0.1) is 6.92 Å². The third-order valence-electron chi connectivity index (χ3n) is 6.21. The molecule has 0 saturated carbocycles. The lowest BCUT2D eigenvalue weighted by molar-refractivity contribution is -0.124. The molecule has 3 aromatic rings. The van der Waals surface area contributed by atoms with Gasteiger partial charge >= 0.3 is 0 Å². The number of rotatable bonds is 8. The molecule has 1 aliphatic heterocycles. The number of ether oxygens (including phenoxy) is 1. The summed E-state index contributed by atoms with van der Waals surface area (Å²) in [6.07, 6.45) is 3.94. The molecular weight excluding hydrogens is 428 g/mol. The molecule has 1 aromatic heterocycles. The van der Waals surface area contributed by atoms with Crippen LogP contribution in [-0.2, 0) is 16.1 Å². The molecule has 2 N–H and O–H groups in total. The Labute approximate surface area is 200 Å². The highest BCUT2D eigenvalue weighted by atomic mass is 16.5. The maximum absolute atomic E-state index is 12.4. The van der Waals surface area contributed by atoms with Gasteiger partial charge in [0, 0.05) is 49.1 Å². The van der Waals surface area contributed by atoms with Crippen molar-refractivity contribution in [1.29, 1.82) is 0 Å². The van der Waals surface area contributed by atoms with Crippen LogP contribution >= 0.6 is 0 Å². The van der Waals surface area contributed by atoms with Crippen molar-refractivity contribution in [3.63, 3.8) is 0 Å². The van der Waals surface area contributed by atoms with Crippen molar-refractivity contribution in [3.8, 4) is 5.75 Å². The van der Waals surface area contributed by atoms with Gasteiger partial charge in [-0.1, -0.05) is 18.2 Å². The highest BCUT2D eigenvalue weighted by Gasteiger charge is 2.14. The van der Waals surface area contributed by atoms with E-state index in [1.165, 1.54) is 19.3 Å². The minimum atomic E-state index is -0.192. The predicted octanol–water partition coefficient (Wildman–Crippen LogP) is 4.58. The number of benzene rings is 2. The second kappa shape index (κ2) is 11.0. The predicted molar refractivity (Wildman–Crippen MR) is 135 cm³/mol. The number of nitrogens with one attached hydrogen (secondary N) is 2. The molecule has 1 aliphatic rings. The van der Waals surface area contributed by atoms with Gasteiger partial charge in [0.05, 0.1) is 12.6 Å². The number of aromatic nitrogens is 1. The van der Waals surface area contributed by atoms with Gasteiger partial charge in [-0.3, -0.25) is 9.59 Å². The number of pyridine rings is 1. The summed E-state index contributed by atoms with van der Waals surface area (Å²) in [7, 11) is 1.60. The summed E-state index contributed by atoms with van der Waals surface area (Å²) in [5.41, 5.74) is 3.67. The summed E-state index contributed by atoms with van der Waals surface area (Å²) in [5, 5.41) is 6.78. The maximum atomic E-state index is 12.4. The molecule has 0 spiro atoms. The van der Waals surface area contributed by atoms with E-state index in [1.807, 2.05) is 42.5 Å². The highest BCUT2D eigenvalue weighted by Crippen LogP contribution is 2.27. The first-order valence-corrected chi connectivity index (χ1v) is 11.9. The quantitative estimate of drug-likeness (QED) is 0.514. The Hall–Kier alpha value is -3.61. The van der Waals surface area contributed by atoms with E-state index >= 15 is 0 Å². The summed E-state index contributed by atoms with van der Waals surface area (Å²) < 4.78 is 5.30. The maximum Gasteiger partial charge on any atom is 0.224 e.